The van der Waals surface area contributed by atoms with Crippen LogP contribution in [0.1, 0.15) is 0 Å². The van der Waals surface area contributed by atoms with Gasteiger partial charge in [-0.3, -0.25) is 4.40 Å². The van der Waals surface area contributed by atoms with Crippen molar-refractivity contribution in [3.8, 4) is 0 Å². The minimum Gasteiger partial charge on any atom is -0.270 e. The lowest BCUT2D eigenvalue weighted by molar-refractivity contribution is 1.17. The zero-order chi connectivity index (χ0) is 12.1. The van der Waals surface area contributed by atoms with Crippen molar-refractivity contribution in [1.29, 1.82) is 0 Å². The highest BCUT2D eigenvalue weighted by molar-refractivity contribution is 9.10. The topological polar surface area (TPSA) is 30.2 Å². The minimum absolute atomic E-state index is 0.923. The average molecular weight is 298 g/mol. The van der Waals surface area contributed by atoms with Crippen LogP contribution in [0.25, 0.3) is 27.5 Å². The van der Waals surface area contributed by atoms with Crippen molar-refractivity contribution in [1.82, 2.24) is 14.4 Å². The van der Waals surface area contributed by atoms with Crippen molar-refractivity contribution < 1.29 is 0 Å². The molecule has 0 radical (unpaired) electrons. The molecular weight excluding hydrogens is 290 g/mol. The molecule has 0 aliphatic rings. The first kappa shape index (κ1) is 10.0. The summed E-state index contributed by atoms with van der Waals surface area (Å²) in [4.78, 5) is 8.96. The van der Waals surface area contributed by atoms with E-state index in [-0.39, 0.29) is 0 Å². The molecule has 3 nitrogen and oxygen atoms in total. The van der Waals surface area contributed by atoms with Crippen molar-refractivity contribution in [3.05, 3.63) is 53.4 Å². The van der Waals surface area contributed by atoms with Gasteiger partial charge in [-0.1, -0.05) is 24.3 Å². The van der Waals surface area contributed by atoms with E-state index in [1.165, 1.54) is 5.39 Å². The van der Waals surface area contributed by atoms with Gasteiger partial charge in [0.05, 0.1) is 6.20 Å². The standard InChI is InChI=1S/C14H8BrN3/c15-12-8-17-14-10-5-2-1-4-9(10)11-6-3-7-16-13(11)18(12)14/h1-8H. The summed E-state index contributed by atoms with van der Waals surface area (Å²) in [7, 11) is 0. The van der Waals surface area contributed by atoms with Crippen LogP contribution in [0.5, 0.6) is 0 Å². The van der Waals surface area contributed by atoms with E-state index in [1.807, 2.05) is 35.0 Å². The Morgan fingerprint density at radius 3 is 2.33 bits per heavy atom. The number of aromatic nitrogens is 3. The van der Waals surface area contributed by atoms with E-state index in [0.717, 1.165) is 26.7 Å². The van der Waals surface area contributed by atoms with E-state index in [1.54, 1.807) is 0 Å². The fraction of sp³-hybridized carbons (Fsp3) is 0. The zero-order valence-corrected chi connectivity index (χ0v) is 10.9. The number of halogens is 1. The summed E-state index contributed by atoms with van der Waals surface area (Å²) in [5.41, 5.74) is 1.86. The van der Waals surface area contributed by atoms with Crippen LogP contribution >= 0.6 is 15.9 Å². The van der Waals surface area contributed by atoms with Gasteiger partial charge in [-0.25, -0.2) is 9.97 Å². The molecule has 3 heterocycles. The molecule has 18 heavy (non-hydrogen) atoms. The summed E-state index contributed by atoms with van der Waals surface area (Å²) in [6, 6.07) is 12.3. The van der Waals surface area contributed by atoms with Crippen molar-refractivity contribution in [3.63, 3.8) is 0 Å². The number of imidazole rings is 1. The molecule has 86 valence electrons. The first-order valence-corrected chi connectivity index (χ1v) is 6.44. The molecule has 1 aromatic carbocycles. The second-order valence-electron chi connectivity index (χ2n) is 4.16. The molecule has 0 N–H and O–H groups in total. The average Bonchev–Trinajstić information content (AvgIpc) is 2.82. The van der Waals surface area contributed by atoms with Gasteiger partial charge in [-0.05, 0) is 33.4 Å². The molecule has 0 aliphatic carbocycles. The van der Waals surface area contributed by atoms with Crippen LogP contribution in [0, 0.1) is 0 Å². The number of hydrogen-bond donors (Lipinski definition) is 0. The maximum Gasteiger partial charge on any atom is 0.147 e. The first-order valence-electron chi connectivity index (χ1n) is 5.64. The van der Waals surface area contributed by atoms with E-state index in [0.29, 0.717) is 0 Å². The molecule has 0 saturated carbocycles. The van der Waals surface area contributed by atoms with Gasteiger partial charge >= 0.3 is 0 Å². The Bertz CT molecular complexity index is 895. The molecule has 0 saturated heterocycles. The van der Waals surface area contributed by atoms with Crippen molar-refractivity contribution in [2.75, 3.05) is 0 Å². The van der Waals surface area contributed by atoms with E-state index >= 15 is 0 Å². The third kappa shape index (κ3) is 1.18. The summed E-state index contributed by atoms with van der Waals surface area (Å²) < 4.78 is 2.96. The predicted octanol–water partition coefficient (Wildman–Crippen LogP) is 3.80. The van der Waals surface area contributed by atoms with Crippen LogP contribution in [0.3, 0.4) is 0 Å². The molecule has 4 aromatic rings. The largest absolute Gasteiger partial charge is 0.270 e. The number of benzene rings is 1. The van der Waals surface area contributed by atoms with E-state index in [2.05, 4.69) is 44.1 Å². The number of fused-ring (bicyclic) bond motifs is 6. The summed E-state index contributed by atoms with van der Waals surface area (Å²) in [5, 5.41) is 3.47. The molecule has 0 unspecified atom stereocenters. The highest BCUT2D eigenvalue weighted by Gasteiger charge is 2.11. The number of rotatable bonds is 0. The molecule has 0 spiro atoms. The van der Waals surface area contributed by atoms with Crippen LogP contribution in [0.2, 0.25) is 0 Å². The van der Waals surface area contributed by atoms with Crippen molar-refractivity contribution in [2.24, 2.45) is 0 Å². The SMILES string of the molecule is Brc1cnc2c3ccccc3c3cccnc3n12. The lowest BCUT2D eigenvalue weighted by Gasteiger charge is -2.07. The van der Waals surface area contributed by atoms with Gasteiger partial charge in [0, 0.05) is 17.0 Å². The predicted molar refractivity (Wildman–Crippen MR) is 75.7 cm³/mol. The molecule has 0 fully saturated rings. The summed E-state index contributed by atoms with van der Waals surface area (Å²) in [5.74, 6) is 0. The van der Waals surface area contributed by atoms with Gasteiger partial charge in [-0.15, -0.1) is 0 Å². The fourth-order valence-electron chi connectivity index (χ4n) is 2.42. The Kier molecular flexibility index (Phi) is 1.96. The maximum atomic E-state index is 4.49. The van der Waals surface area contributed by atoms with Gasteiger partial charge in [0.25, 0.3) is 0 Å². The van der Waals surface area contributed by atoms with Crippen LogP contribution in [0.4, 0.5) is 0 Å². The molecule has 4 rings (SSSR count). The smallest absolute Gasteiger partial charge is 0.147 e. The van der Waals surface area contributed by atoms with Gasteiger partial charge in [0.1, 0.15) is 15.9 Å². The third-order valence-corrected chi connectivity index (χ3v) is 3.73. The molecule has 0 bridgehead atoms. The Balaban J connectivity index is 2.48. The third-order valence-electron chi connectivity index (χ3n) is 3.18. The van der Waals surface area contributed by atoms with E-state index < -0.39 is 0 Å². The quantitative estimate of drug-likeness (QED) is 0.462. The highest BCUT2D eigenvalue weighted by Crippen LogP contribution is 2.29. The number of pyridine rings is 2. The number of nitrogens with zero attached hydrogens (tertiary/aromatic N) is 3. The van der Waals surface area contributed by atoms with Crippen LogP contribution in [-0.2, 0) is 0 Å². The summed E-state index contributed by atoms with van der Waals surface area (Å²) in [6.45, 7) is 0. The lowest BCUT2D eigenvalue weighted by atomic mass is 10.1. The normalized spacial score (nSPS) is 11.6. The van der Waals surface area contributed by atoms with Crippen LogP contribution in [-0.4, -0.2) is 14.4 Å². The van der Waals surface area contributed by atoms with E-state index in [9.17, 15) is 0 Å². The molecule has 3 aromatic heterocycles. The maximum absolute atomic E-state index is 4.49. The van der Waals surface area contributed by atoms with E-state index in [4.69, 9.17) is 0 Å². The lowest BCUT2D eigenvalue weighted by Crippen LogP contribution is -1.93. The van der Waals surface area contributed by atoms with Gasteiger partial charge < -0.3 is 0 Å². The minimum atomic E-state index is 0.923. The zero-order valence-electron chi connectivity index (χ0n) is 9.34. The second kappa shape index (κ2) is 3.53. The first-order chi connectivity index (χ1) is 8.86. The Hall–Kier alpha value is -1.94. The van der Waals surface area contributed by atoms with Gasteiger partial charge in [0.15, 0.2) is 0 Å². The van der Waals surface area contributed by atoms with Crippen LogP contribution < -0.4 is 0 Å². The van der Waals surface area contributed by atoms with Gasteiger partial charge in [0.2, 0.25) is 0 Å². The van der Waals surface area contributed by atoms with Crippen molar-refractivity contribution in [2.45, 2.75) is 0 Å². The Morgan fingerprint density at radius 2 is 1.50 bits per heavy atom. The highest BCUT2D eigenvalue weighted by atomic mass is 79.9. The molecule has 0 atom stereocenters. The Labute approximate surface area is 111 Å². The van der Waals surface area contributed by atoms with Crippen LogP contribution in [0.15, 0.2) is 53.4 Å². The summed E-state index contributed by atoms with van der Waals surface area (Å²) in [6.07, 6.45) is 3.62. The molecule has 0 amide bonds. The van der Waals surface area contributed by atoms with Crippen molar-refractivity contribution >= 4 is 43.4 Å². The Morgan fingerprint density at radius 1 is 0.833 bits per heavy atom. The van der Waals surface area contributed by atoms with Gasteiger partial charge in [-0.2, -0.15) is 0 Å². The number of hydrogen-bond acceptors (Lipinski definition) is 2. The molecular formula is C14H8BrN3. The second-order valence-corrected chi connectivity index (χ2v) is 4.97. The fourth-order valence-corrected chi connectivity index (χ4v) is 2.86. The summed E-state index contributed by atoms with van der Waals surface area (Å²) >= 11 is 3.53. The monoisotopic (exact) mass is 297 g/mol. The molecule has 0 aliphatic heterocycles. The molecule has 4 heteroatoms.